The Hall–Kier alpha value is -2.07. The van der Waals surface area contributed by atoms with Crippen LogP contribution in [0.4, 0.5) is 10.1 Å². The summed E-state index contributed by atoms with van der Waals surface area (Å²) in [6.07, 6.45) is 0. The molecule has 0 saturated carbocycles. The van der Waals surface area contributed by atoms with Crippen LogP contribution in [0.1, 0.15) is 12.5 Å². The Kier molecular flexibility index (Phi) is 3.95. The monoisotopic (exact) mass is 292 g/mol. The lowest BCUT2D eigenvalue weighted by Gasteiger charge is -2.29. The number of nitrogens with two attached hydrogens (primary N) is 1. The minimum Gasteiger partial charge on any atom is -0.368 e. The van der Waals surface area contributed by atoms with Crippen molar-refractivity contribution >= 4 is 23.2 Å². The molecule has 2 aromatic rings. The first kappa shape index (κ1) is 14.3. The molecule has 3 nitrogen and oxygen atoms in total. The van der Waals surface area contributed by atoms with E-state index in [4.69, 9.17) is 17.3 Å². The largest absolute Gasteiger partial charge is 0.368 e. The topological polar surface area (TPSA) is 55.1 Å². The second kappa shape index (κ2) is 5.51. The molecule has 1 atom stereocenters. The summed E-state index contributed by atoms with van der Waals surface area (Å²) in [5.74, 6) is -1.02. The lowest BCUT2D eigenvalue weighted by molar-refractivity contribution is -0.122. The van der Waals surface area contributed by atoms with E-state index < -0.39 is 17.3 Å². The van der Waals surface area contributed by atoms with Crippen molar-refractivity contribution < 1.29 is 9.18 Å². The first-order chi connectivity index (χ1) is 9.41. The van der Waals surface area contributed by atoms with Gasteiger partial charge in [0.25, 0.3) is 0 Å². The van der Waals surface area contributed by atoms with Gasteiger partial charge in [-0.2, -0.15) is 0 Å². The van der Waals surface area contributed by atoms with Crippen LogP contribution in [-0.4, -0.2) is 5.91 Å². The Morgan fingerprint density at radius 3 is 2.45 bits per heavy atom. The van der Waals surface area contributed by atoms with Gasteiger partial charge in [0.1, 0.15) is 11.4 Å². The Labute approximate surface area is 121 Å². The summed E-state index contributed by atoms with van der Waals surface area (Å²) >= 11 is 5.81. The SMILES string of the molecule is CC(Nc1ccc(Cl)cc1)(C(N)=O)c1cccc(F)c1. The molecule has 1 amide bonds. The van der Waals surface area contributed by atoms with E-state index in [0.29, 0.717) is 16.3 Å². The number of hydrogen-bond donors (Lipinski definition) is 2. The number of anilines is 1. The third-order valence-corrected chi connectivity index (χ3v) is 3.39. The van der Waals surface area contributed by atoms with E-state index in [2.05, 4.69) is 5.32 Å². The maximum absolute atomic E-state index is 13.4. The fraction of sp³-hybridized carbons (Fsp3) is 0.133. The molecule has 0 aromatic heterocycles. The maximum Gasteiger partial charge on any atom is 0.247 e. The number of carbonyl (C=O) groups is 1. The molecule has 1 unspecified atom stereocenters. The molecule has 0 heterocycles. The van der Waals surface area contributed by atoms with Crippen molar-refractivity contribution in [2.75, 3.05) is 5.32 Å². The normalized spacial score (nSPS) is 13.6. The van der Waals surface area contributed by atoms with Gasteiger partial charge in [0, 0.05) is 10.7 Å². The molecule has 5 heteroatoms. The van der Waals surface area contributed by atoms with Crippen molar-refractivity contribution in [2.24, 2.45) is 5.73 Å². The molecule has 0 bridgehead atoms. The molecule has 0 radical (unpaired) electrons. The summed E-state index contributed by atoms with van der Waals surface area (Å²) in [7, 11) is 0. The van der Waals surface area contributed by atoms with Crippen molar-refractivity contribution in [3.05, 3.63) is 64.9 Å². The average molecular weight is 293 g/mol. The van der Waals surface area contributed by atoms with Crippen LogP contribution in [0.5, 0.6) is 0 Å². The molecular weight excluding hydrogens is 279 g/mol. The highest BCUT2D eigenvalue weighted by Gasteiger charge is 2.33. The van der Waals surface area contributed by atoms with Crippen molar-refractivity contribution in [1.82, 2.24) is 0 Å². The lowest BCUT2D eigenvalue weighted by atomic mass is 9.90. The van der Waals surface area contributed by atoms with Crippen LogP contribution in [0.15, 0.2) is 48.5 Å². The number of rotatable bonds is 4. The van der Waals surface area contributed by atoms with Crippen molar-refractivity contribution in [3.63, 3.8) is 0 Å². The number of hydrogen-bond acceptors (Lipinski definition) is 2. The van der Waals surface area contributed by atoms with Gasteiger partial charge in [-0.1, -0.05) is 23.7 Å². The molecule has 0 aliphatic rings. The summed E-state index contributed by atoms with van der Waals surface area (Å²) in [6.45, 7) is 1.61. The Morgan fingerprint density at radius 1 is 1.25 bits per heavy atom. The molecule has 2 rings (SSSR count). The zero-order chi connectivity index (χ0) is 14.8. The Morgan fingerprint density at radius 2 is 1.90 bits per heavy atom. The third-order valence-electron chi connectivity index (χ3n) is 3.13. The number of primary amides is 1. The number of benzene rings is 2. The highest BCUT2D eigenvalue weighted by Crippen LogP contribution is 2.27. The second-order valence-corrected chi connectivity index (χ2v) is 5.07. The predicted molar refractivity (Wildman–Crippen MR) is 78.0 cm³/mol. The molecular formula is C15H14ClFN2O. The van der Waals surface area contributed by atoms with Crippen LogP contribution in [0.2, 0.25) is 5.02 Å². The van der Waals surface area contributed by atoms with Gasteiger partial charge in [0.05, 0.1) is 0 Å². The number of nitrogens with one attached hydrogen (secondary N) is 1. The molecule has 2 aromatic carbocycles. The van der Waals surface area contributed by atoms with Crippen LogP contribution in [0.25, 0.3) is 0 Å². The van der Waals surface area contributed by atoms with Gasteiger partial charge in [0.15, 0.2) is 0 Å². The second-order valence-electron chi connectivity index (χ2n) is 4.63. The third kappa shape index (κ3) is 2.91. The van der Waals surface area contributed by atoms with Gasteiger partial charge >= 0.3 is 0 Å². The van der Waals surface area contributed by atoms with Crippen molar-refractivity contribution in [3.8, 4) is 0 Å². The zero-order valence-corrected chi connectivity index (χ0v) is 11.6. The summed E-state index contributed by atoms with van der Waals surface area (Å²) in [6, 6.07) is 12.6. The van der Waals surface area contributed by atoms with E-state index in [-0.39, 0.29) is 0 Å². The lowest BCUT2D eigenvalue weighted by Crippen LogP contribution is -2.45. The molecule has 0 fully saturated rings. The fourth-order valence-corrected chi connectivity index (χ4v) is 2.02. The van der Waals surface area contributed by atoms with E-state index >= 15 is 0 Å². The van der Waals surface area contributed by atoms with Crippen molar-refractivity contribution in [1.29, 1.82) is 0 Å². The van der Waals surface area contributed by atoms with E-state index in [0.717, 1.165) is 0 Å². The van der Waals surface area contributed by atoms with E-state index in [1.54, 1.807) is 37.3 Å². The summed E-state index contributed by atoms with van der Waals surface area (Å²) in [5, 5.41) is 3.61. The standard InChI is InChI=1S/C15H14ClFN2O/c1-15(14(18)20,10-3-2-4-12(17)9-10)19-13-7-5-11(16)6-8-13/h2-9,19H,1H3,(H2,18,20). The summed E-state index contributed by atoms with van der Waals surface area (Å²) in [4.78, 5) is 11.8. The number of carbonyl (C=O) groups excluding carboxylic acids is 1. The van der Waals surface area contributed by atoms with Crippen molar-refractivity contribution in [2.45, 2.75) is 12.5 Å². The van der Waals surface area contributed by atoms with Crippen LogP contribution >= 0.6 is 11.6 Å². The number of amides is 1. The fourth-order valence-electron chi connectivity index (χ4n) is 1.90. The van der Waals surface area contributed by atoms with E-state index in [9.17, 15) is 9.18 Å². The van der Waals surface area contributed by atoms with E-state index in [1.807, 2.05) is 0 Å². The minimum atomic E-state index is -1.21. The average Bonchev–Trinajstić information content (AvgIpc) is 2.41. The zero-order valence-electron chi connectivity index (χ0n) is 10.9. The predicted octanol–water partition coefficient (Wildman–Crippen LogP) is 3.29. The van der Waals surface area contributed by atoms with Crippen LogP contribution in [-0.2, 0) is 10.3 Å². The Balaban J connectivity index is 2.39. The highest BCUT2D eigenvalue weighted by atomic mass is 35.5. The van der Waals surface area contributed by atoms with Gasteiger partial charge in [-0.3, -0.25) is 4.79 Å². The summed E-state index contributed by atoms with van der Waals surface area (Å²) < 4.78 is 13.4. The quantitative estimate of drug-likeness (QED) is 0.908. The van der Waals surface area contributed by atoms with E-state index in [1.165, 1.54) is 18.2 Å². The van der Waals surface area contributed by atoms with Gasteiger partial charge in [-0.05, 0) is 48.9 Å². The molecule has 20 heavy (non-hydrogen) atoms. The molecule has 0 saturated heterocycles. The van der Waals surface area contributed by atoms with Crippen LogP contribution in [0, 0.1) is 5.82 Å². The first-order valence-corrected chi connectivity index (χ1v) is 6.39. The van der Waals surface area contributed by atoms with Gasteiger partial charge in [0.2, 0.25) is 5.91 Å². The Bertz CT molecular complexity index is 630. The maximum atomic E-state index is 13.4. The van der Waals surface area contributed by atoms with Crippen LogP contribution < -0.4 is 11.1 Å². The highest BCUT2D eigenvalue weighted by molar-refractivity contribution is 6.30. The van der Waals surface area contributed by atoms with Gasteiger partial charge in [-0.25, -0.2) is 4.39 Å². The van der Waals surface area contributed by atoms with Crippen LogP contribution in [0.3, 0.4) is 0 Å². The molecule has 104 valence electrons. The minimum absolute atomic E-state index is 0.423. The number of halogens is 2. The molecule has 3 N–H and O–H groups in total. The molecule has 0 aliphatic carbocycles. The molecule has 0 aliphatic heterocycles. The van der Waals surface area contributed by atoms with Gasteiger partial charge < -0.3 is 11.1 Å². The first-order valence-electron chi connectivity index (χ1n) is 6.01. The smallest absolute Gasteiger partial charge is 0.247 e. The van der Waals surface area contributed by atoms with Gasteiger partial charge in [-0.15, -0.1) is 0 Å². The molecule has 0 spiro atoms. The summed E-state index contributed by atoms with van der Waals surface area (Å²) in [5.41, 5.74) is 5.39.